The summed E-state index contributed by atoms with van der Waals surface area (Å²) >= 11 is 0. The Hall–Kier alpha value is -1.76. The van der Waals surface area contributed by atoms with Crippen molar-refractivity contribution in [2.45, 2.75) is 57.3 Å². The van der Waals surface area contributed by atoms with Crippen molar-refractivity contribution in [1.29, 1.82) is 0 Å². The molecule has 150 valence electrons. The van der Waals surface area contributed by atoms with Gasteiger partial charge in [0, 0.05) is 37.9 Å². The third kappa shape index (κ3) is 5.15. The van der Waals surface area contributed by atoms with Gasteiger partial charge in [-0.3, -0.25) is 9.69 Å². The molecule has 1 aromatic carbocycles. The summed E-state index contributed by atoms with van der Waals surface area (Å²) in [6, 6.07) is 5.54. The van der Waals surface area contributed by atoms with Crippen LogP contribution in [0.25, 0.3) is 0 Å². The maximum absolute atomic E-state index is 12.9. The monoisotopic (exact) mass is 383 g/mol. The first-order valence-electron chi connectivity index (χ1n) is 9.81. The predicted molar refractivity (Wildman–Crippen MR) is 99.7 cm³/mol. The molecule has 1 amide bonds. The average Bonchev–Trinajstić information content (AvgIpc) is 2.68. The highest BCUT2D eigenvalue weighted by Crippen LogP contribution is 2.32. The summed E-state index contributed by atoms with van der Waals surface area (Å²) in [4.78, 5) is 16.6. The fourth-order valence-corrected chi connectivity index (χ4v) is 3.98. The number of rotatable bonds is 4. The van der Waals surface area contributed by atoms with E-state index in [-0.39, 0.29) is 11.9 Å². The van der Waals surface area contributed by atoms with Crippen LogP contribution >= 0.6 is 0 Å². The number of hydrogen-bond acceptors (Lipinski definition) is 3. The van der Waals surface area contributed by atoms with Crippen molar-refractivity contribution in [3.8, 4) is 0 Å². The summed E-state index contributed by atoms with van der Waals surface area (Å²) < 4.78 is 38.7. The zero-order chi connectivity index (χ0) is 19.4. The molecule has 0 radical (unpaired) electrons. The second-order valence-electron chi connectivity index (χ2n) is 7.59. The van der Waals surface area contributed by atoms with Crippen LogP contribution in [0.1, 0.15) is 44.6 Å². The third-order valence-corrected chi connectivity index (χ3v) is 5.73. The van der Waals surface area contributed by atoms with E-state index in [1.54, 1.807) is 6.07 Å². The zero-order valence-electron chi connectivity index (χ0n) is 15.8. The molecule has 1 N–H and O–H groups in total. The fourth-order valence-electron chi connectivity index (χ4n) is 3.98. The molecule has 4 nitrogen and oxygen atoms in total. The van der Waals surface area contributed by atoms with Gasteiger partial charge < -0.3 is 10.2 Å². The molecule has 1 aliphatic carbocycles. The molecular weight excluding hydrogens is 355 g/mol. The lowest BCUT2D eigenvalue weighted by Gasteiger charge is -2.39. The number of hydrogen-bond donors (Lipinski definition) is 1. The number of anilines is 1. The minimum Gasteiger partial charge on any atom is -0.369 e. The number of carbonyl (C=O) groups excluding carboxylic acids is 1. The molecule has 1 aromatic rings. The minimum absolute atomic E-state index is 0.0643. The minimum atomic E-state index is -4.33. The number of piperazine rings is 1. The summed E-state index contributed by atoms with van der Waals surface area (Å²) in [5, 5.41) is 3.16. The van der Waals surface area contributed by atoms with E-state index in [0.717, 1.165) is 18.9 Å². The van der Waals surface area contributed by atoms with Gasteiger partial charge in [0.1, 0.15) is 0 Å². The Kier molecular flexibility index (Phi) is 6.29. The molecule has 1 unspecified atom stereocenters. The molecule has 3 rings (SSSR count). The van der Waals surface area contributed by atoms with Crippen molar-refractivity contribution in [2.75, 3.05) is 31.1 Å². The summed E-state index contributed by atoms with van der Waals surface area (Å²) in [6.45, 7) is 4.47. The topological polar surface area (TPSA) is 35.6 Å². The molecule has 1 heterocycles. The van der Waals surface area contributed by atoms with E-state index < -0.39 is 11.7 Å². The van der Waals surface area contributed by atoms with Crippen molar-refractivity contribution in [3.05, 3.63) is 29.8 Å². The van der Waals surface area contributed by atoms with Crippen molar-refractivity contribution < 1.29 is 18.0 Å². The third-order valence-electron chi connectivity index (χ3n) is 5.73. The van der Waals surface area contributed by atoms with E-state index in [2.05, 4.69) is 10.2 Å². The second kappa shape index (κ2) is 8.50. The van der Waals surface area contributed by atoms with Crippen LogP contribution in [0.2, 0.25) is 0 Å². The maximum Gasteiger partial charge on any atom is 0.416 e. The van der Waals surface area contributed by atoms with Gasteiger partial charge in [0.25, 0.3) is 0 Å². The molecule has 1 saturated carbocycles. The van der Waals surface area contributed by atoms with Crippen LogP contribution in [-0.2, 0) is 11.0 Å². The first kappa shape index (κ1) is 20.0. The lowest BCUT2D eigenvalue weighted by atomic mass is 9.95. The van der Waals surface area contributed by atoms with Crippen LogP contribution < -0.4 is 10.2 Å². The molecule has 2 aliphatic rings. The number of nitrogens with zero attached hydrogens (tertiary/aromatic N) is 2. The average molecular weight is 383 g/mol. The zero-order valence-corrected chi connectivity index (χ0v) is 15.8. The van der Waals surface area contributed by atoms with E-state index in [1.807, 2.05) is 11.8 Å². The Bertz CT molecular complexity index is 636. The number of benzene rings is 1. The summed E-state index contributed by atoms with van der Waals surface area (Å²) in [6.07, 6.45) is 1.39. The highest BCUT2D eigenvalue weighted by atomic mass is 19.4. The summed E-state index contributed by atoms with van der Waals surface area (Å²) in [7, 11) is 0. The SMILES string of the molecule is CC(C(=O)NC1CCCCC1)N1CCN(c2cccc(C(F)(F)F)c2)CC1. The van der Waals surface area contributed by atoms with Gasteiger partial charge in [-0.05, 0) is 38.0 Å². The molecule has 2 fully saturated rings. The number of halogens is 3. The van der Waals surface area contributed by atoms with Gasteiger partial charge in [0.05, 0.1) is 11.6 Å². The molecule has 0 aromatic heterocycles. The van der Waals surface area contributed by atoms with Crippen LogP contribution in [0, 0.1) is 0 Å². The molecule has 27 heavy (non-hydrogen) atoms. The molecular formula is C20H28F3N3O. The highest BCUT2D eigenvalue weighted by molar-refractivity contribution is 5.81. The molecule has 1 saturated heterocycles. The van der Waals surface area contributed by atoms with Gasteiger partial charge in [-0.2, -0.15) is 13.2 Å². The van der Waals surface area contributed by atoms with Crippen molar-refractivity contribution in [3.63, 3.8) is 0 Å². The Morgan fingerprint density at radius 3 is 2.41 bits per heavy atom. The van der Waals surface area contributed by atoms with Gasteiger partial charge in [0.2, 0.25) is 5.91 Å². The van der Waals surface area contributed by atoms with Gasteiger partial charge in [-0.1, -0.05) is 25.3 Å². The lowest BCUT2D eigenvalue weighted by Crippen LogP contribution is -2.55. The highest BCUT2D eigenvalue weighted by Gasteiger charge is 2.32. The Morgan fingerprint density at radius 2 is 1.78 bits per heavy atom. The van der Waals surface area contributed by atoms with Gasteiger partial charge in [-0.25, -0.2) is 0 Å². The Morgan fingerprint density at radius 1 is 1.11 bits per heavy atom. The Labute approximate surface area is 158 Å². The quantitative estimate of drug-likeness (QED) is 0.862. The van der Waals surface area contributed by atoms with E-state index in [9.17, 15) is 18.0 Å². The Balaban J connectivity index is 1.53. The molecule has 7 heteroatoms. The van der Waals surface area contributed by atoms with Crippen molar-refractivity contribution >= 4 is 11.6 Å². The maximum atomic E-state index is 12.9. The molecule has 0 bridgehead atoms. The second-order valence-corrected chi connectivity index (χ2v) is 7.59. The van der Waals surface area contributed by atoms with Crippen LogP contribution in [0.4, 0.5) is 18.9 Å². The van der Waals surface area contributed by atoms with E-state index in [4.69, 9.17) is 0 Å². The first-order valence-corrected chi connectivity index (χ1v) is 9.81. The molecule has 0 spiro atoms. The van der Waals surface area contributed by atoms with E-state index >= 15 is 0 Å². The fraction of sp³-hybridized carbons (Fsp3) is 0.650. The van der Waals surface area contributed by atoms with Crippen LogP contribution in [0.3, 0.4) is 0 Å². The predicted octanol–water partition coefficient (Wildman–Crippen LogP) is 3.66. The largest absolute Gasteiger partial charge is 0.416 e. The molecule has 1 aliphatic heterocycles. The lowest BCUT2D eigenvalue weighted by molar-refractivity contribution is -0.137. The summed E-state index contributed by atoms with van der Waals surface area (Å²) in [5.41, 5.74) is -0.0357. The normalized spacial score (nSPS) is 21.1. The molecule has 1 atom stereocenters. The van der Waals surface area contributed by atoms with E-state index in [0.29, 0.717) is 37.9 Å². The van der Waals surface area contributed by atoms with Crippen molar-refractivity contribution in [1.82, 2.24) is 10.2 Å². The van der Waals surface area contributed by atoms with Crippen molar-refractivity contribution in [2.24, 2.45) is 0 Å². The standard InChI is InChI=1S/C20H28F3N3O/c1-15(19(27)24-17-7-3-2-4-8-17)25-10-12-26(13-11-25)18-9-5-6-16(14-18)20(21,22)23/h5-6,9,14-15,17H,2-4,7-8,10-13H2,1H3,(H,24,27). The van der Waals surface area contributed by atoms with Crippen LogP contribution in [0.15, 0.2) is 24.3 Å². The number of amides is 1. The van der Waals surface area contributed by atoms with E-state index in [1.165, 1.54) is 31.4 Å². The van der Waals surface area contributed by atoms with Gasteiger partial charge in [0.15, 0.2) is 0 Å². The van der Waals surface area contributed by atoms with Gasteiger partial charge in [-0.15, -0.1) is 0 Å². The summed E-state index contributed by atoms with van der Waals surface area (Å²) in [5.74, 6) is 0.0643. The number of alkyl halides is 3. The number of carbonyl (C=O) groups is 1. The first-order chi connectivity index (χ1) is 12.8. The van der Waals surface area contributed by atoms with Crippen LogP contribution in [-0.4, -0.2) is 49.1 Å². The smallest absolute Gasteiger partial charge is 0.369 e. The number of nitrogens with one attached hydrogen (secondary N) is 1. The van der Waals surface area contributed by atoms with Crippen LogP contribution in [0.5, 0.6) is 0 Å². The van der Waals surface area contributed by atoms with Gasteiger partial charge >= 0.3 is 6.18 Å².